The highest BCUT2D eigenvalue weighted by molar-refractivity contribution is 5.88. The Bertz CT molecular complexity index is 520. The maximum absolute atomic E-state index is 11.6. The van der Waals surface area contributed by atoms with Gasteiger partial charge in [-0.1, -0.05) is 0 Å². The predicted molar refractivity (Wildman–Crippen MR) is 62.4 cm³/mol. The number of carbonyl (C=O) groups is 1. The predicted octanol–water partition coefficient (Wildman–Crippen LogP) is 1.66. The zero-order chi connectivity index (χ0) is 12.3. The third-order valence-electron chi connectivity index (χ3n) is 2.32. The van der Waals surface area contributed by atoms with Gasteiger partial charge in [0.2, 0.25) is 0 Å². The quantitative estimate of drug-likeness (QED) is 0.754. The molecule has 88 valence electrons. The molecule has 5 nitrogen and oxygen atoms in total. The molecule has 0 aromatic carbocycles. The van der Waals surface area contributed by atoms with Gasteiger partial charge in [-0.15, -0.1) is 0 Å². The molecule has 17 heavy (non-hydrogen) atoms. The van der Waals surface area contributed by atoms with Crippen molar-refractivity contribution in [2.24, 2.45) is 7.05 Å². The zero-order valence-corrected chi connectivity index (χ0v) is 9.75. The molecule has 0 bridgehead atoms. The third kappa shape index (κ3) is 2.33. The van der Waals surface area contributed by atoms with E-state index in [1.807, 2.05) is 12.1 Å². The van der Waals surface area contributed by atoms with Gasteiger partial charge in [0, 0.05) is 25.0 Å². The van der Waals surface area contributed by atoms with Gasteiger partial charge in [-0.3, -0.25) is 9.67 Å². The summed E-state index contributed by atoms with van der Waals surface area (Å²) in [5.74, 6) is -0.363. The third-order valence-corrected chi connectivity index (χ3v) is 2.32. The van der Waals surface area contributed by atoms with Crippen molar-refractivity contribution in [3.8, 4) is 11.3 Å². The first-order valence-electron chi connectivity index (χ1n) is 5.34. The van der Waals surface area contributed by atoms with Crippen LogP contribution < -0.4 is 0 Å². The standard InChI is InChI=1S/C12H13N3O2/c1-3-17-12(16)11-7-10(14-15(11)2)9-5-4-6-13-8-9/h4-8H,3H2,1-2H3. The first-order chi connectivity index (χ1) is 8.22. The van der Waals surface area contributed by atoms with Gasteiger partial charge in [0.05, 0.1) is 12.3 Å². The smallest absolute Gasteiger partial charge is 0.356 e. The Morgan fingerprint density at radius 2 is 2.35 bits per heavy atom. The summed E-state index contributed by atoms with van der Waals surface area (Å²) in [5, 5.41) is 4.26. The van der Waals surface area contributed by atoms with Crippen molar-refractivity contribution >= 4 is 5.97 Å². The molecule has 2 heterocycles. The molecule has 2 rings (SSSR count). The van der Waals surface area contributed by atoms with Crippen LogP contribution in [-0.4, -0.2) is 27.3 Å². The molecular weight excluding hydrogens is 218 g/mol. The first kappa shape index (κ1) is 11.3. The maximum Gasteiger partial charge on any atom is 0.356 e. The van der Waals surface area contributed by atoms with Crippen molar-refractivity contribution in [3.63, 3.8) is 0 Å². The summed E-state index contributed by atoms with van der Waals surface area (Å²) in [4.78, 5) is 15.6. The van der Waals surface area contributed by atoms with E-state index in [2.05, 4.69) is 10.1 Å². The van der Waals surface area contributed by atoms with Crippen LogP contribution in [0, 0.1) is 0 Å². The number of hydrogen-bond donors (Lipinski definition) is 0. The summed E-state index contributed by atoms with van der Waals surface area (Å²) in [6.45, 7) is 2.13. The molecule has 0 saturated carbocycles. The lowest BCUT2D eigenvalue weighted by atomic mass is 10.2. The van der Waals surface area contributed by atoms with Gasteiger partial charge in [0.15, 0.2) is 0 Å². The van der Waals surface area contributed by atoms with Crippen LogP contribution in [0.15, 0.2) is 30.6 Å². The topological polar surface area (TPSA) is 57.0 Å². The Labute approximate surface area is 99.1 Å². The lowest BCUT2D eigenvalue weighted by Gasteiger charge is -1.99. The second-order valence-electron chi connectivity index (χ2n) is 3.50. The highest BCUT2D eigenvalue weighted by Crippen LogP contribution is 2.17. The van der Waals surface area contributed by atoms with Gasteiger partial charge in [-0.05, 0) is 25.1 Å². The van der Waals surface area contributed by atoms with E-state index >= 15 is 0 Å². The van der Waals surface area contributed by atoms with Crippen molar-refractivity contribution in [2.45, 2.75) is 6.92 Å². The summed E-state index contributed by atoms with van der Waals surface area (Å²) in [5.41, 5.74) is 2.02. The van der Waals surface area contributed by atoms with Crippen LogP contribution in [0.1, 0.15) is 17.4 Å². The van der Waals surface area contributed by atoms with Gasteiger partial charge < -0.3 is 4.74 Å². The molecule has 0 aliphatic rings. The molecule has 0 radical (unpaired) electrons. The van der Waals surface area contributed by atoms with E-state index in [1.54, 1.807) is 32.4 Å². The number of nitrogens with zero attached hydrogens (tertiary/aromatic N) is 3. The normalized spacial score (nSPS) is 10.2. The average Bonchev–Trinajstić information content (AvgIpc) is 2.73. The Hall–Kier alpha value is -2.17. The number of esters is 1. The first-order valence-corrected chi connectivity index (χ1v) is 5.34. The summed E-state index contributed by atoms with van der Waals surface area (Å²) in [6.07, 6.45) is 3.40. The van der Waals surface area contributed by atoms with E-state index in [9.17, 15) is 4.79 Å². The van der Waals surface area contributed by atoms with E-state index in [0.29, 0.717) is 18.0 Å². The largest absolute Gasteiger partial charge is 0.461 e. The van der Waals surface area contributed by atoms with E-state index in [1.165, 1.54) is 4.68 Å². The molecule has 2 aromatic heterocycles. The maximum atomic E-state index is 11.6. The fraction of sp³-hybridized carbons (Fsp3) is 0.250. The summed E-state index contributed by atoms with van der Waals surface area (Å²) in [7, 11) is 1.71. The highest BCUT2D eigenvalue weighted by atomic mass is 16.5. The molecule has 0 amide bonds. The van der Waals surface area contributed by atoms with Gasteiger partial charge >= 0.3 is 5.97 Å². The molecule has 0 unspecified atom stereocenters. The van der Waals surface area contributed by atoms with Crippen LogP contribution in [0.4, 0.5) is 0 Å². The summed E-state index contributed by atoms with van der Waals surface area (Å²) >= 11 is 0. The Kier molecular flexibility index (Phi) is 3.18. The van der Waals surface area contributed by atoms with Crippen molar-refractivity contribution in [2.75, 3.05) is 6.61 Å². The highest BCUT2D eigenvalue weighted by Gasteiger charge is 2.14. The molecule has 0 atom stereocenters. The van der Waals surface area contributed by atoms with Crippen LogP contribution in [0.2, 0.25) is 0 Å². The minimum Gasteiger partial charge on any atom is -0.461 e. The van der Waals surface area contributed by atoms with Crippen molar-refractivity contribution < 1.29 is 9.53 Å². The molecule has 5 heteroatoms. The second-order valence-corrected chi connectivity index (χ2v) is 3.50. The van der Waals surface area contributed by atoms with Crippen LogP contribution in [-0.2, 0) is 11.8 Å². The Morgan fingerprint density at radius 1 is 1.53 bits per heavy atom. The zero-order valence-electron chi connectivity index (χ0n) is 9.75. The van der Waals surface area contributed by atoms with E-state index < -0.39 is 0 Å². The van der Waals surface area contributed by atoms with Crippen LogP contribution in [0.3, 0.4) is 0 Å². The molecule has 0 aliphatic carbocycles. The van der Waals surface area contributed by atoms with Crippen molar-refractivity contribution in [3.05, 3.63) is 36.3 Å². The Morgan fingerprint density at radius 3 is 3.00 bits per heavy atom. The summed E-state index contributed by atoms with van der Waals surface area (Å²) in [6, 6.07) is 5.42. The lowest BCUT2D eigenvalue weighted by Crippen LogP contribution is -2.10. The Balaban J connectivity index is 2.34. The lowest BCUT2D eigenvalue weighted by molar-refractivity contribution is 0.0513. The van der Waals surface area contributed by atoms with Gasteiger partial charge in [-0.25, -0.2) is 4.79 Å². The van der Waals surface area contributed by atoms with Crippen molar-refractivity contribution in [1.82, 2.24) is 14.8 Å². The monoisotopic (exact) mass is 231 g/mol. The second kappa shape index (κ2) is 4.78. The number of pyridine rings is 1. The SMILES string of the molecule is CCOC(=O)c1cc(-c2cccnc2)nn1C. The number of aromatic nitrogens is 3. The molecule has 0 spiro atoms. The number of carbonyl (C=O) groups excluding carboxylic acids is 1. The minimum atomic E-state index is -0.363. The number of ether oxygens (including phenoxy) is 1. The number of hydrogen-bond acceptors (Lipinski definition) is 4. The molecular formula is C12H13N3O2. The molecule has 0 saturated heterocycles. The number of rotatable bonds is 3. The van der Waals surface area contributed by atoms with E-state index in [0.717, 1.165) is 5.56 Å². The average molecular weight is 231 g/mol. The van der Waals surface area contributed by atoms with E-state index in [4.69, 9.17) is 4.74 Å². The summed E-state index contributed by atoms with van der Waals surface area (Å²) < 4.78 is 6.46. The van der Waals surface area contributed by atoms with E-state index in [-0.39, 0.29) is 5.97 Å². The minimum absolute atomic E-state index is 0.353. The van der Waals surface area contributed by atoms with Crippen LogP contribution in [0.25, 0.3) is 11.3 Å². The van der Waals surface area contributed by atoms with Gasteiger partial charge in [0.25, 0.3) is 0 Å². The fourth-order valence-corrected chi connectivity index (χ4v) is 1.52. The fourth-order valence-electron chi connectivity index (χ4n) is 1.52. The number of aryl methyl sites for hydroxylation is 1. The van der Waals surface area contributed by atoms with Crippen LogP contribution in [0.5, 0.6) is 0 Å². The molecule has 0 fully saturated rings. The molecule has 0 N–H and O–H groups in total. The molecule has 0 aliphatic heterocycles. The van der Waals surface area contributed by atoms with Crippen LogP contribution >= 0.6 is 0 Å². The van der Waals surface area contributed by atoms with Crippen molar-refractivity contribution in [1.29, 1.82) is 0 Å². The van der Waals surface area contributed by atoms with Gasteiger partial charge in [-0.2, -0.15) is 5.10 Å². The molecule has 2 aromatic rings. The van der Waals surface area contributed by atoms with Gasteiger partial charge in [0.1, 0.15) is 5.69 Å².